The minimum atomic E-state index is -1.39. The van der Waals surface area contributed by atoms with E-state index >= 15 is 4.39 Å². The number of methoxy groups -OCH3 is 1. The molecule has 4 aliphatic carbocycles. The van der Waals surface area contributed by atoms with Gasteiger partial charge >= 0.3 is 0 Å². The van der Waals surface area contributed by atoms with E-state index in [1.165, 1.54) is 7.11 Å². The number of hydrogen-bond acceptors (Lipinski definition) is 3. The number of hydrogen-bond donors (Lipinski definition) is 2. The van der Waals surface area contributed by atoms with Crippen molar-refractivity contribution >= 4 is 11.6 Å². The first kappa shape index (κ1) is 18.9. The molecule has 0 saturated heterocycles. The number of allylic oxidation sites excluding steroid dienone is 4. The van der Waals surface area contributed by atoms with Gasteiger partial charge in [0.1, 0.15) is 6.17 Å². The predicted molar refractivity (Wildman–Crippen MR) is 99.5 cm³/mol. The van der Waals surface area contributed by atoms with E-state index in [9.17, 15) is 10.2 Å². The van der Waals surface area contributed by atoms with E-state index in [2.05, 4.69) is 19.1 Å². The van der Waals surface area contributed by atoms with E-state index in [0.717, 1.165) is 12.0 Å². The van der Waals surface area contributed by atoms with Crippen molar-refractivity contribution in [1.29, 1.82) is 0 Å². The lowest BCUT2D eigenvalue weighted by molar-refractivity contribution is -0.292. The highest BCUT2D eigenvalue weighted by atomic mass is 35.5. The number of rotatable bonds is 2. The van der Waals surface area contributed by atoms with Crippen LogP contribution in [0.4, 0.5) is 4.39 Å². The van der Waals surface area contributed by atoms with Gasteiger partial charge in [-0.1, -0.05) is 32.1 Å². The summed E-state index contributed by atoms with van der Waals surface area (Å²) in [5.41, 5.74) is -0.482. The Morgan fingerprint density at radius 1 is 1.31 bits per heavy atom. The highest BCUT2D eigenvalue weighted by Gasteiger charge is 2.73. The van der Waals surface area contributed by atoms with Crippen molar-refractivity contribution in [3.8, 4) is 0 Å². The molecule has 0 heterocycles. The van der Waals surface area contributed by atoms with Gasteiger partial charge in [-0.05, 0) is 49.5 Å². The van der Waals surface area contributed by atoms with Crippen LogP contribution in [0.15, 0.2) is 23.8 Å². The number of halogens is 2. The van der Waals surface area contributed by atoms with Crippen LogP contribution in [-0.4, -0.2) is 40.8 Å². The predicted octanol–water partition coefficient (Wildman–Crippen LogP) is 3.98. The smallest absolute Gasteiger partial charge is 0.175 e. The summed E-state index contributed by atoms with van der Waals surface area (Å²) in [5, 5.41) is 21.7. The zero-order valence-corrected chi connectivity index (χ0v) is 16.6. The summed E-state index contributed by atoms with van der Waals surface area (Å²) >= 11 is 7.36. The van der Waals surface area contributed by atoms with E-state index in [1.54, 1.807) is 0 Å². The van der Waals surface area contributed by atoms with Crippen LogP contribution in [0.2, 0.25) is 0 Å². The van der Waals surface area contributed by atoms with E-state index in [-0.39, 0.29) is 24.4 Å². The number of fused-ring (bicyclic) bond motifs is 5. The van der Waals surface area contributed by atoms with Crippen LogP contribution in [0, 0.1) is 28.6 Å². The average molecular weight is 385 g/mol. The fourth-order valence-corrected chi connectivity index (χ4v) is 7.55. The summed E-state index contributed by atoms with van der Waals surface area (Å²) in [5.74, 6) is -1.70. The van der Waals surface area contributed by atoms with Gasteiger partial charge in [-0.15, -0.1) is 11.6 Å². The van der Waals surface area contributed by atoms with Gasteiger partial charge in [-0.3, -0.25) is 0 Å². The van der Waals surface area contributed by atoms with Gasteiger partial charge in [-0.2, -0.15) is 0 Å². The summed E-state index contributed by atoms with van der Waals surface area (Å²) in [6.45, 7) is 3.85. The Labute approximate surface area is 160 Å². The van der Waals surface area contributed by atoms with Gasteiger partial charge in [0, 0.05) is 18.4 Å². The fraction of sp³-hybridized carbons (Fsp3) is 0.810. The summed E-state index contributed by atoms with van der Waals surface area (Å²) in [4.78, 5) is -0.597. The fourth-order valence-electron chi connectivity index (χ4n) is 7.04. The topological polar surface area (TPSA) is 49.7 Å². The second kappa shape index (κ2) is 5.79. The van der Waals surface area contributed by atoms with Gasteiger partial charge in [-0.25, -0.2) is 4.39 Å². The summed E-state index contributed by atoms with van der Waals surface area (Å²) in [6, 6.07) is 0. The lowest BCUT2D eigenvalue weighted by atomic mass is 9.47. The molecule has 4 aliphatic rings. The molecule has 0 spiro atoms. The van der Waals surface area contributed by atoms with Crippen molar-refractivity contribution in [1.82, 2.24) is 0 Å². The molecule has 1 unspecified atom stereocenters. The van der Waals surface area contributed by atoms with E-state index < -0.39 is 27.7 Å². The van der Waals surface area contributed by atoms with Gasteiger partial charge in [0.25, 0.3) is 0 Å². The first-order valence-electron chi connectivity index (χ1n) is 9.80. The molecular formula is C21H30ClFO3. The third-order valence-corrected chi connectivity index (χ3v) is 9.35. The second-order valence-corrected chi connectivity index (χ2v) is 9.80. The number of aliphatic hydroxyl groups excluding tert-OH is 1. The molecule has 0 amide bonds. The normalized spacial score (nSPS) is 55.7. The summed E-state index contributed by atoms with van der Waals surface area (Å²) in [6.07, 6.45) is 8.17. The van der Waals surface area contributed by atoms with Crippen LogP contribution in [0.25, 0.3) is 0 Å². The van der Waals surface area contributed by atoms with Crippen LogP contribution in [0.1, 0.15) is 46.0 Å². The standard InChI is InChI=1S/C21H30ClFO3/c1-13-10-15-16-11-17(23)14-6-4-5-7-18(14,2)20(16,22)9-8-19(15,12-24)21(13,25)26-3/h5-7,13,15-17,24-25H,4,8-12H2,1-3H3/t13?,15-,16-,17-,18-,19+,20+,21-/m0/s1. The number of aliphatic hydroxyl groups is 2. The Hall–Kier alpha value is -0.420. The maximum atomic E-state index is 15.2. The van der Waals surface area contributed by atoms with Gasteiger partial charge < -0.3 is 14.9 Å². The van der Waals surface area contributed by atoms with Crippen molar-refractivity contribution in [2.24, 2.45) is 28.6 Å². The van der Waals surface area contributed by atoms with Gasteiger partial charge in [0.05, 0.1) is 16.9 Å². The Balaban J connectivity index is 1.83. The van der Waals surface area contributed by atoms with Crippen molar-refractivity contribution in [2.75, 3.05) is 13.7 Å². The van der Waals surface area contributed by atoms with Crippen LogP contribution in [-0.2, 0) is 4.74 Å². The van der Waals surface area contributed by atoms with Crippen molar-refractivity contribution in [3.63, 3.8) is 0 Å². The average Bonchev–Trinajstić information content (AvgIpc) is 2.85. The zero-order chi connectivity index (χ0) is 19.0. The molecule has 3 nitrogen and oxygen atoms in total. The Morgan fingerprint density at radius 2 is 2.04 bits per heavy atom. The Morgan fingerprint density at radius 3 is 2.69 bits per heavy atom. The molecule has 146 valence electrons. The van der Waals surface area contributed by atoms with Crippen molar-refractivity contribution < 1.29 is 19.3 Å². The minimum absolute atomic E-state index is 0.0642. The van der Waals surface area contributed by atoms with E-state index in [1.807, 2.05) is 13.0 Å². The number of ether oxygens (including phenoxy) is 1. The largest absolute Gasteiger partial charge is 0.396 e. The molecular weight excluding hydrogens is 355 g/mol. The molecule has 3 saturated carbocycles. The van der Waals surface area contributed by atoms with Crippen LogP contribution < -0.4 is 0 Å². The zero-order valence-electron chi connectivity index (χ0n) is 15.8. The SMILES string of the molecule is CO[C@@]1(O)C(C)C[C@H]2[C@@H]3C[C@H](F)C4=CCC=C[C@]4(C)[C@@]3(Cl)CC[C@@]21CO. The van der Waals surface area contributed by atoms with E-state index in [4.69, 9.17) is 16.3 Å². The molecule has 0 aliphatic heterocycles. The highest BCUT2D eigenvalue weighted by Crippen LogP contribution is 2.71. The quantitative estimate of drug-likeness (QED) is 0.430. The van der Waals surface area contributed by atoms with Gasteiger partial charge in [0.15, 0.2) is 5.79 Å². The van der Waals surface area contributed by atoms with Gasteiger partial charge in [0.2, 0.25) is 0 Å². The lowest BCUT2D eigenvalue weighted by Gasteiger charge is -2.62. The molecule has 0 bridgehead atoms. The van der Waals surface area contributed by atoms with Crippen LogP contribution in [0.3, 0.4) is 0 Å². The lowest BCUT2D eigenvalue weighted by Crippen LogP contribution is -2.65. The Bertz CT molecular complexity index is 666. The molecule has 3 fully saturated rings. The molecule has 26 heavy (non-hydrogen) atoms. The maximum absolute atomic E-state index is 15.2. The third kappa shape index (κ3) is 1.95. The van der Waals surface area contributed by atoms with Crippen molar-refractivity contribution in [3.05, 3.63) is 23.8 Å². The molecule has 4 rings (SSSR count). The maximum Gasteiger partial charge on any atom is 0.175 e. The molecule has 2 N–H and O–H groups in total. The van der Waals surface area contributed by atoms with Crippen LogP contribution in [0.5, 0.6) is 0 Å². The van der Waals surface area contributed by atoms with Crippen LogP contribution >= 0.6 is 11.6 Å². The Kier molecular flexibility index (Phi) is 4.21. The second-order valence-electron chi connectivity index (χ2n) is 9.13. The molecule has 0 aromatic heterocycles. The number of alkyl halides is 2. The van der Waals surface area contributed by atoms with E-state index in [0.29, 0.717) is 25.7 Å². The third-order valence-electron chi connectivity index (χ3n) is 8.49. The summed E-state index contributed by atoms with van der Waals surface area (Å²) < 4.78 is 20.8. The molecule has 8 atom stereocenters. The molecule has 5 heteroatoms. The minimum Gasteiger partial charge on any atom is -0.396 e. The monoisotopic (exact) mass is 384 g/mol. The first-order chi connectivity index (χ1) is 12.2. The summed E-state index contributed by atoms with van der Waals surface area (Å²) in [7, 11) is 1.50. The molecule has 0 aromatic carbocycles. The van der Waals surface area contributed by atoms with Crippen molar-refractivity contribution in [2.45, 2.75) is 62.8 Å². The first-order valence-corrected chi connectivity index (χ1v) is 10.2. The molecule has 0 radical (unpaired) electrons. The molecule has 0 aromatic rings. The highest BCUT2D eigenvalue weighted by molar-refractivity contribution is 6.25.